The van der Waals surface area contributed by atoms with Crippen LogP contribution in [0.15, 0.2) is 72.8 Å². The van der Waals surface area contributed by atoms with Crippen molar-refractivity contribution < 1.29 is 28.6 Å². The zero-order chi connectivity index (χ0) is 40.1. The monoisotopic (exact) mass is 982 g/mol. The van der Waals surface area contributed by atoms with E-state index in [0.717, 1.165) is 42.7 Å². The maximum atomic E-state index is 13.9. The molecule has 1 heterocycles. The molecule has 0 aliphatic carbocycles. The Hall–Kier alpha value is -3.42. The Morgan fingerprint density at radius 3 is 1.75 bits per heavy atom. The van der Waals surface area contributed by atoms with Crippen LogP contribution in [0.1, 0.15) is 45.7 Å². The number of carbonyl (C=O) groups excluding carboxylic acids is 2. The van der Waals surface area contributed by atoms with E-state index >= 15 is 0 Å². The Morgan fingerprint density at radius 1 is 0.764 bits per heavy atom. The Labute approximate surface area is 350 Å². The van der Waals surface area contributed by atoms with E-state index in [0.29, 0.717) is 56.2 Å². The number of nitrogens with one attached hydrogen (secondary N) is 3. The number of halogens is 4. The predicted molar refractivity (Wildman–Crippen MR) is 233 cm³/mol. The van der Waals surface area contributed by atoms with E-state index in [9.17, 15) is 23.5 Å². The molecule has 296 valence electrons. The van der Waals surface area contributed by atoms with Gasteiger partial charge in [0.1, 0.15) is 11.6 Å². The summed E-state index contributed by atoms with van der Waals surface area (Å²) in [4.78, 5) is 31.6. The molecule has 5 rings (SSSR count). The molecule has 2 amide bonds. The molecule has 5 N–H and O–H groups in total. The summed E-state index contributed by atoms with van der Waals surface area (Å²) in [6.07, 6.45) is -0.688. The summed E-state index contributed by atoms with van der Waals surface area (Å²) in [5, 5.41) is 28.4. The molecule has 0 bridgehead atoms. The average Bonchev–Trinajstić information content (AvgIpc) is 3.16. The number of amides is 2. The van der Waals surface area contributed by atoms with Crippen molar-refractivity contribution in [2.45, 2.75) is 33.8 Å². The van der Waals surface area contributed by atoms with Crippen molar-refractivity contribution in [3.8, 4) is 0 Å². The first-order valence-corrected chi connectivity index (χ1v) is 20.4. The second-order valence-corrected chi connectivity index (χ2v) is 15.7. The van der Waals surface area contributed by atoms with E-state index in [1.807, 2.05) is 64.1 Å². The molecular formula is C41H50F2I2N6O4. The second kappa shape index (κ2) is 21.8. The van der Waals surface area contributed by atoms with E-state index in [1.54, 1.807) is 17.0 Å². The number of likely N-dealkylation sites (N-methyl/N-ethyl adjacent to an activating group) is 1. The molecule has 1 saturated heterocycles. The minimum atomic E-state index is -0.688. The van der Waals surface area contributed by atoms with E-state index in [-0.39, 0.29) is 24.6 Å². The average molecular weight is 983 g/mol. The van der Waals surface area contributed by atoms with Crippen molar-refractivity contribution in [2.24, 2.45) is 0 Å². The summed E-state index contributed by atoms with van der Waals surface area (Å²) in [7, 11) is 0. The molecule has 1 aliphatic heterocycles. The Kier molecular flexibility index (Phi) is 17.5. The minimum absolute atomic E-state index is 0.105. The lowest BCUT2D eigenvalue weighted by Gasteiger charge is -2.34. The molecule has 55 heavy (non-hydrogen) atoms. The number of anilines is 4. The first kappa shape index (κ1) is 44.3. The molecule has 0 saturated carbocycles. The zero-order valence-corrected chi connectivity index (χ0v) is 36.0. The SMILES string of the molecule is CCN(CC)CC(O)CNC(=O)c1cc(F)ccc1Nc1ccc(I)cc1C.Cc1cc(I)ccc1Nc1ccc(F)cc1C(=O)N1CCN(CCO)CC1. The lowest BCUT2D eigenvalue weighted by atomic mass is 10.1. The van der Waals surface area contributed by atoms with Gasteiger partial charge in [-0.25, -0.2) is 8.78 Å². The molecule has 1 fully saturated rings. The molecule has 1 unspecified atom stereocenters. The molecule has 10 nitrogen and oxygen atoms in total. The van der Waals surface area contributed by atoms with E-state index in [4.69, 9.17) is 5.11 Å². The molecule has 4 aromatic rings. The van der Waals surface area contributed by atoms with Crippen LogP contribution in [0.25, 0.3) is 0 Å². The Balaban J connectivity index is 0.000000245. The van der Waals surface area contributed by atoms with Crippen LogP contribution >= 0.6 is 45.2 Å². The summed E-state index contributed by atoms with van der Waals surface area (Å²) < 4.78 is 29.9. The fourth-order valence-electron chi connectivity index (χ4n) is 6.08. The van der Waals surface area contributed by atoms with Crippen LogP contribution in [-0.4, -0.2) is 108 Å². The van der Waals surface area contributed by atoms with E-state index in [2.05, 4.69) is 70.9 Å². The third-order valence-electron chi connectivity index (χ3n) is 9.29. The number of aliphatic hydroxyl groups is 2. The van der Waals surface area contributed by atoms with E-state index < -0.39 is 23.6 Å². The van der Waals surface area contributed by atoms with E-state index in [1.165, 1.54) is 24.3 Å². The van der Waals surface area contributed by atoms with Gasteiger partial charge in [-0.1, -0.05) is 13.8 Å². The van der Waals surface area contributed by atoms with Crippen molar-refractivity contribution in [3.63, 3.8) is 0 Å². The molecule has 1 atom stereocenters. The van der Waals surface area contributed by atoms with Gasteiger partial charge in [-0.3, -0.25) is 14.5 Å². The molecule has 1 aliphatic rings. The topological polar surface area (TPSA) is 120 Å². The first-order valence-electron chi connectivity index (χ1n) is 18.3. The number of hydrogen-bond acceptors (Lipinski definition) is 8. The number of rotatable bonds is 14. The molecular weight excluding hydrogens is 932 g/mol. The highest BCUT2D eigenvalue weighted by Gasteiger charge is 2.24. The predicted octanol–water partition coefficient (Wildman–Crippen LogP) is 7.15. The van der Waals surface area contributed by atoms with Gasteiger partial charge in [0.05, 0.1) is 35.2 Å². The Bertz CT molecular complexity index is 1910. The van der Waals surface area contributed by atoms with Crippen LogP contribution < -0.4 is 16.0 Å². The molecule has 14 heteroatoms. The third-order valence-corrected chi connectivity index (χ3v) is 10.6. The van der Waals surface area contributed by atoms with Crippen molar-refractivity contribution in [1.29, 1.82) is 0 Å². The summed E-state index contributed by atoms with van der Waals surface area (Å²) >= 11 is 4.49. The van der Waals surface area contributed by atoms with Crippen LogP contribution in [-0.2, 0) is 0 Å². The number of benzene rings is 4. The highest BCUT2D eigenvalue weighted by atomic mass is 127. The van der Waals surface area contributed by atoms with Crippen LogP contribution in [0, 0.1) is 32.6 Å². The van der Waals surface area contributed by atoms with Gasteiger partial charge in [0.15, 0.2) is 0 Å². The maximum Gasteiger partial charge on any atom is 0.256 e. The highest BCUT2D eigenvalue weighted by molar-refractivity contribution is 14.1. The summed E-state index contributed by atoms with van der Waals surface area (Å²) in [6.45, 7) is 13.5. The van der Waals surface area contributed by atoms with Gasteiger partial charge in [0, 0.05) is 64.3 Å². The van der Waals surface area contributed by atoms with Gasteiger partial charge in [-0.05, 0) is 156 Å². The quantitative estimate of drug-likeness (QED) is 0.0847. The van der Waals surface area contributed by atoms with Gasteiger partial charge in [-0.2, -0.15) is 0 Å². The fraction of sp³-hybridized carbons (Fsp3) is 0.366. The number of piperazine rings is 1. The molecule has 0 aromatic heterocycles. The number of aliphatic hydroxyl groups excluding tert-OH is 2. The van der Waals surface area contributed by atoms with Crippen molar-refractivity contribution in [1.82, 2.24) is 20.0 Å². The molecule has 0 spiro atoms. The largest absolute Gasteiger partial charge is 0.395 e. The normalized spacial score (nSPS) is 13.5. The third kappa shape index (κ3) is 13.3. The lowest BCUT2D eigenvalue weighted by Crippen LogP contribution is -2.49. The fourth-order valence-corrected chi connectivity index (χ4v) is 7.37. The minimum Gasteiger partial charge on any atom is -0.395 e. The molecule has 4 aromatic carbocycles. The number of nitrogens with zero attached hydrogens (tertiary/aromatic N) is 3. The summed E-state index contributed by atoms with van der Waals surface area (Å²) in [5.41, 5.74) is 5.48. The van der Waals surface area contributed by atoms with Gasteiger partial charge < -0.3 is 36.0 Å². The summed E-state index contributed by atoms with van der Waals surface area (Å²) in [6, 6.07) is 20.3. The van der Waals surface area contributed by atoms with Gasteiger partial charge in [0.25, 0.3) is 11.8 Å². The smallest absolute Gasteiger partial charge is 0.256 e. The lowest BCUT2D eigenvalue weighted by molar-refractivity contribution is 0.0615. The highest BCUT2D eigenvalue weighted by Crippen LogP contribution is 2.28. The van der Waals surface area contributed by atoms with Crippen LogP contribution in [0.4, 0.5) is 31.5 Å². The van der Waals surface area contributed by atoms with Gasteiger partial charge >= 0.3 is 0 Å². The first-order chi connectivity index (χ1) is 26.3. The van der Waals surface area contributed by atoms with Crippen molar-refractivity contribution in [2.75, 3.05) is 76.1 Å². The second-order valence-electron chi connectivity index (χ2n) is 13.3. The summed E-state index contributed by atoms with van der Waals surface area (Å²) in [5.74, 6) is -1.52. The number of aryl methyl sites for hydroxylation is 2. The number of hydrogen-bond donors (Lipinski definition) is 5. The maximum absolute atomic E-state index is 13.9. The van der Waals surface area contributed by atoms with Crippen molar-refractivity contribution in [3.05, 3.63) is 114 Å². The molecule has 0 radical (unpaired) electrons. The van der Waals surface area contributed by atoms with Gasteiger partial charge in [0.2, 0.25) is 0 Å². The number of β-amino-alcohol motifs (C(OH)–C–C–N with tert-alkyl or cyclic N) is 1. The zero-order valence-electron chi connectivity index (χ0n) is 31.6. The van der Waals surface area contributed by atoms with Crippen LogP contribution in [0.5, 0.6) is 0 Å². The van der Waals surface area contributed by atoms with Gasteiger partial charge in [-0.15, -0.1) is 0 Å². The van der Waals surface area contributed by atoms with Crippen LogP contribution in [0.2, 0.25) is 0 Å². The Morgan fingerprint density at radius 2 is 1.25 bits per heavy atom. The number of carbonyl (C=O) groups is 2. The standard InChI is InChI=1S/C21H27FIN3O2.C20H23FIN3O2/c1-4-26(5-2)13-17(27)12-24-21(28)18-11-15(22)6-8-20(18)25-19-9-7-16(23)10-14(19)3;1-14-12-16(22)3-5-18(14)23-19-4-2-15(21)13-17(19)20(27)25-8-6-24(7-9-25)10-11-26/h6-11,17,25,27H,4-5,12-13H2,1-3H3,(H,24,28);2-5,12-13,23,26H,6-11H2,1H3. The van der Waals surface area contributed by atoms with Crippen LogP contribution in [0.3, 0.4) is 0 Å². The van der Waals surface area contributed by atoms with Crippen molar-refractivity contribution >= 4 is 79.7 Å².